The Labute approximate surface area is 239 Å². The lowest BCUT2D eigenvalue weighted by Gasteiger charge is -2.37. The number of nitrogens with one attached hydrogen (secondary N) is 1. The topological polar surface area (TPSA) is 56.4 Å². The first-order valence-corrected chi connectivity index (χ1v) is 14.1. The largest absolute Gasteiger partial charge is 0.356 e. The lowest BCUT2D eigenvalue weighted by atomic mass is 9.92. The maximum Gasteiger partial charge on any atom is 0.253 e. The highest BCUT2D eigenvalue weighted by molar-refractivity contribution is 5.94. The standard InChI is InChI=1S/C35H32FN3O2/c36-28-17-15-27(16-18-28)35(41)38(22-19-25-9-3-1-4-10-25)23-21-32(40)39-24-20-30-29-13-7-8-14-31(29)37-33(30)34(39)26-11-5-2-6-12-26/h1-18,34,37H,19-24H2. The smallest absolute Gasteiger partial charge is 0.253 e. The number of aromatic nitrogens is 1. The van der Waals surface area contributed by atoms with E-state index >= 15 is 0 Å². The first-order chi connectivity index (χ1) is 20.1. The molecule has 1 aliphatic rings. The number of fused-ring (bicyclic) bond motifs is 3. The molecule has 0 saturated carbocycles. The molecule has 0 bridgehead atoms. The maximum atomic E-state index is 13.9. The van der Waals surface area contributed by atoms with E-state index in [2.05, 4.69) is 29.2 Å². The third-order valence-electron chi connectivity index (χ3n) is 7.96. The molecule has 4 aromatic carbocycles. The van der Waals surface area contributed by atoms with Crippen LogP contribution in [0.2, 0.25) is 0 Å². The van der Waals surface area contributed by atoms with Gasteiger partial charge >= 0.3 is 0 Å². The van der Waals surface area contributed by atoms with Gasteiger partial charge in [-0.3, -0.25) is 9.59 Å². The predicted octanol–water partition coefficient (Wildman–Crippen LogP) is 6.56. The number of benzene rings is 4. The molecule has 2 amide bonds. The van der Waals surface area contributed by atoms with E-state index in [0.29, 0.717) is 25.1 Å². The summed E-state index contributed by atoms with van der Waals surface area (Å²) in [5.41, 5.74) is 5.97. The van der Waals surface area contributed by atoms with Crippen LogP contribution in [0.4, 0.5) is 4.39 Å². The number of hydrogen-bond donors (Lipinski definition) is 1. The summed E-state index contributed by atoms with van der Waals surface area (Å²) in [4.78, 5) is 34.7. The van der Waals surface area contributed by atoms with Crippen molar-refractivity contribution in [1.82, 2.24) is 14.8 Å². The van der Waals surface area contributed by atoms with Crippen molar-refractivity contribution in [1.29, 1.82) is 0 Å². The highest BCUT2D eigenvalue weighted by atomic mass is 19.1. The molecule has 1 atom stereocenters. The summed E-state index contributed by atoms with van der Waals surface area (Å²) >= 11 is 0. The first-order valence-electron chi connectivity index (χ1n) is 14.1. The van der Waals surface area contributed by atoms with Crippen LogP contribution in [0.5, 0.6) is 0 Å². The Kier molecular flexibility index (Phi) is 7.63. The van der Waals surface area contributed by atoms with Crippen molar-refractivity contribution < 1.29 is 14.0 Å². The van der Waals surface area contributed by atoms with Gasteiger partial charge in [0.15, 0.2) is 0 Å². The molecule has 6 heteroatoms. The Morgan fingerprint density at radius 2 is 1.51 bits per heavy atom. The molecule has 2 heterocycles. The van der Waals surface area contributed by atoms with Crippen LogP contribution in [0.25, 0.3) is 10.9 Å². The molecule has 0 fully saturated rings. The average molecular weight is 546 g/mol. The molecule has 1 aliphatic heterocycles. The van der Waals surface area contributed by atoms with E-state index in [1.807, 2.05) is 65.6 Å². The lowest BCUT2D eigenvalue weighted by Crippen LogP contribution is -2.43. The molecule has 41 heavy (non-hydrogen) atoms. The number of halogens is 1. The number of carbonyl (C=O) groups is 2. The number of carbonyl (C=O) groups excluding carboxylic acids is 2. The van der Waals surface area contributed by atoms with Crippen molar-refractivity contribution >= 4 is 22.7 Å². The zero-order valence-corrected chi connectivity index (χ0v) is 22.8. The number of nitrogens with zero attached hydrogens (tertiary/aromatic N) is 2. The SMILES string of the molecule is O=C(c1ccc(F)cc1)N(CCC(=O)N1CCc2c([nH]c3ccccc23)C1c1ccccc1)CCc1ccccc1. The highest BCUT2D eigenvalue weighted by Gasteiger charge is 2.34. The van der Waals surface area contributed by atoms with Crippen LogP contribution in [0.1, 0.15) is 45.2 Å². The second kappa shape index (κ2) is 11.8. The van der Waals surface area contributed by atoms with Gasteiger partial charge in [0.25, 0.3) is 5.91 Å². The number of para-hydroxylation sites is 1. The van der Waals surface area contributed by atoms with Gasteiger partial charge in [-0.05, 0) is 59.9 Å². The average Bonchev–Trinajstić information content (AvgIpc) is 3.40. The molecule has 0 spiro atoms. The van der Waals surface area contributed by atoms with E-state index in [1.54, 1.807) is 4.90 Å². The van der Waals surface area contributed by atoms with Gasteiger partial charge in [0, 0.05) is 48.2 Å². The van der Waals surface area contributed by atoms with Gasteiger partial charge in [0.05, 0.1) is 6.04 Å². The molecule has 0 saturated heterocycles. The fourth-order valence-corrected chi connectivity index (χ4v) is 5.86. The van der Waals surface area contributed by atoms with Crippen LogP contribution in [0, 0.1) is 5.82 Å². The van der Waals surface area contributed by atoms with E-state index in [9.17, 15) is 14.0 Å². The summed E-state index contributed by atoms with van der Waals surface area (Å²) in [7, 11) is 0. The van der Waals surface area contributed by atoms with Crippen molar-refractivity contribution in [3.63, 3.8) is 0 Å². The van der Waals surface area contributed by atoms with Gasteiger partial charge < -0.3 is 14.8 Å². The Morgan fingerprint density at radius 3 is 2.27 bits per heavy atom. The number of H-pyrrole nitrogens is 1. The third kappa shape index (κ3) is 5.64. The molecule has 6 rings (SSSR count). The minimum absolute atomic E-state index is 0.000207. The van der Waals surface area contributed by atoms with Crippen LogP contribution in [-0.4, -0.2) is 46.2 Å². The van der Waals surface area contributed by atoms with Gasteiger partial charge in [0.2, 0.25) is 5.91 Å². The molecule has 0 aliphatic carbocycles. The van der Waals surface area contributed by atoms with Gasteiger partial charge in [-0.25, -0.2) is 4.39 Å². The Hall–Kier alpha value is -4.71. The van der Waals surface area contributed by atoms with E-state index in [-0.39, 0.29) is 36.6 Å². The molecule has 1 unspecified atom stereocenters. The molecule has 206 valence electrons. The van der Waals surface area contributed by atoms with Gasteiger partial charge in [-0.1, -0.05) is 78.9 Å². The Bertz CT molecular complexity index is 1650. The molecular weight excluding hydrogens is 513 g/mol. The summed E-state index contributed by atoms with van der Waals surface area (Å²) in [6, 6.07) is 33.7. The Morgan fingerprint density at radius 1 is 0.829 bits per heavy atom. The zero-order chi connectivity index (χ0) is 28.2. The van der Waals surface area contributed by atoms with Gasteiger partial charge in [0.1, 0.15) is 5.82 Å². The monoisotopic (exact) mass is 545 g/mol. The third-order valence-corrected chi connectivity index (χ3v) is 7.96. The molecule has 1 N–H and O–H groups in total. The first kappa shape index (κ1) is 26.5. The second-order valence-corrected chi connectivity index (χ2v) is 10.5. The lowest BCUT2D eigenvalue weighted by molar-refractivity contribution is -0.133. The normalized spacial score (nSPS) is 14.6. The molecule has 5 nitrogen and oxygen atoms in total. The second-order valence-electron chi connectivity index (χ2n) is 10.5. The van der Waals surface area contributed by atoms with E-state index in [1.165, 1.54) is 35.2 Å². The summed E-state index contributed by atoms with van der Waals surface area (Å²) in [5, 5.41) is 1.20. The number of hydrogen-bond acceptors (Lipinski definition) is 2. The summed E-state index contributed by atoms with van der Waals surface area (Å²) in [6.07, 6.45) is 1.62. The fraction of sp³-hybridized carbons (Fsp3) is 0.200. The minimum Gasteiger partial charge on any atom is -0.356 e. The minimum atomic E-state index is -0.388. The van der Waals surface area contributed by atoms with Crippen molar-refractivity contribution in [2.75, 3.05) is 19.6 Å². The van der Waals surface area contributed by atoms with Crippen molar-refractivity contribution in [2.45, 2.75) is 25.3 Å². The van der Waals surface area contributed by atoms with Crippen molar-refractivity contribution in [2.24, 2.45) is 0 Å². The highest BCUT2D eigenvalue weighted by Crippen LogP contribution is 2.38. The number of aromatic amines is 1. The summed E-state index contributed by atoms with van der Waals surface area (Å²) in [6.45, 7) is 1.34. The van der Waals surface area contributed by atoms with Crippen LogP contribution in [0.15, 0.2) is 109 Å². The van der Waals surface area contributed by atoms with E-state index in [0.717, 1.165) is 28.8 Å². The van der Waals surface area contributed by atoms with Crippen LogP contribution in [0.3, 0.4) is 0 Å². The zero-order valence-electron chi connectivity index (χ0n) is 22.8. The molecule has 5 aromatic rings. The number of rotatable bonds is 8. The maximum absolute atomic E-state index is 13.9. The molecular formula is C35H32FN3O2. The predicted molar refractivity (Wildman–Crippen MR) is 159 cm³/mol. The van der Waals surface area contributed by atoms with Crippen LogP contribution >= 0.6 is 0 Å². The molecule has 0 radical (unpaired) electrons. The van der Waals surface area contributed by atoms with Gasteiger partial charge in [-0.2, -0.15) is 0 Å². The van der Waals surface area contributed by atoms with Crippen LogP contribution < -0.4 is 0 Å². The van der Waals surface area contributed by atoms with Crippen molar-refractivity contribution in [3.05, 3.63) is 143 Å². The van der Waals surface area contributed by atoms with Crippen LogP contribution in [-0.2, 0) is 17.6 Å². The van der Waals surface area contributed by atoms with E-state index < -0.39 is 0 Å². The van der Waals surface area contributed by atoms with Gasteiger partial charge in [-0.15, -0.1) is 0 Å². The molecule has 1 aromatic heterocycles. The number of amides is 2. The quantitative estimate of drug-likeness (QED) is 0.240. The van der Waals surface area contributed by atoms with E-state index in [4.69, 9.17) is 0 Å². The fourth-order valence-electron chi connectivity index (χ4n) is 5.86. The Balaban J connectivity index is 1.25. The summed E-state index contributed by atoms with van der Waals surface area (Å²) < 4.78 is 13.6. The summed E-state index contributed by atoms with van der Waals surface area (Å²) in [5.74, 6) is -0.592. The van der Waals surface area contributed by atoms with Crippen molar-refractivity contribution in [3.8, 4) is 0 Å².